The first kappa shape index (κ1) is 15.4. The minimum absolute atomic E-state index is 0.0205. The summed E-state index contributed by atoms with van der Waals surface area (Å²) in [5.74, 6) is 0.929. The highest BCUT2D eigenvalue weighted by atomic mass is 32.2. The average Bonchev–Trinajstić information content (AvgIpc) is 3.09. The smallest absolute Gasteiger partial charge is 0.269 e. The van der Waals surface area contributed by atoms with Gasteiger partial charge in [-0.3, -0.25) is 19.8 Å². The SMILES string of the molecule is CN1C(=O)/C(=C/c2ccc(-c3ccc([N+](=O)[O-])cc3)o2)SC1=S. The normalized spacial score (nSPS) is 16.4. The van der Waals surface area contributed by atoms with Crippen molar-refractivity contribution in [2.75, 3.05) is 7.05 Å². The summed E-state index contributed by atoms with van der Waals surface area (Å²) >= 11 is 6.29. The summed E-state index contributed by atoms with van der Waals surface area (Å²) < 4.78 is 6.18. The molecule has 23 heavy (non-hydrogen) atoms. The summed E-state index contributed by atoms with van der Waals surface area (Å²) in [6, 6.07) is 9.55. The molecule has 0 atom stereocenters. The Morgan fingerprint density at radius 2 is 1.96 bits per heavy atom. The number of nitro benzene ring substituents is 1. The summed E-state index contributed by atoms with van der Waals surface area (Å²) in [5.41, 5.74) is 0.741. The Kier molecular flexibility index (Phi) is 4.01. The van der Waals surface area contributed by atoms with E-state index in [4.69, 9.17) is 16.6 Å². The van der Waals surface area contributed by atoms with Gasteiger partial charge in [0.05, 0.1) is 9.83 Å². The van der Waals surface area contributed by atoms with Crippen LogP contribution in [0.5, 0.6) is 0 Å². The number of likely N-dealkylation sites (N-methyl/N-ethyl adjacent to an activating group) is 1. The lowest BCUT2D eigenvalue weighted by atomic mass is 10.1. The number of thiocarbonyl (C=S) groups is 1. The van der Waals surface area contributed by atoms with Crippen molar-refractivity contribution in [2.45, 2.75) is 0 Å². The van der Waals surface area contributed by atoms with E-state index in [1.54, 1.807) is 37.4 Å². The minimum atomic E-state index is -0.454. The maximum atomic E-state index is 11.9. The Balaban J connectivity index is 1.85. The maximum absolute atomic E-state index is 11.9. The van der Waals surface area contributed by atoms with E-state index in [9.17, 15) is 14.9 Å². The Morgan fingerprint density at radius 1 is 1.26 bits per heavy atom. The van der Waals surface area contributed by atoms with Crippen molar-refractivity contribution in [1.82, 2.24) is 4.90 Å². The molecule has 1 aliphatic rings. The van der Waals surface area contributed by atoms with Gasteiger partial charge in [0.2, 0.25) is 0 Å². The number of nitrogens with zero attached hydrogens (tertiary/aromatic N) is 2. The van der Waals surface area contributed by atoms with E-state index >= 15 is 0 Å². The Bertz CT molecular complexity index is 839. The molecule has 1 aromatic carbocycles. The third-order valence-corrected chi connectivity index (χ3v) is 4.73. The number of benzene rings is 1. The number of non-ortho nitro benzene ring substituents is 1. The Labute approximate surface area is 140 Å². The quantitative estimate of drug-likeness (QED) is 0.365. The molecule has 116 valence electrons. The molecule has 1 aliphatic heterocycles. The molecule has 0 unspecified atom stereocenters. The van der Waals surface area contributed by atoms with Crippen LogP contribution in [0.3, 0.4) is 0 Å². The van der Waals surface area contributed by atoms with Crippen LogP contribution in [0.4, 0.5) is 5.69 Å². The highest BCUT2D eigenvalue weighted by Gasteiger charge is 2.29. The van der Waals surface area contributed by atoms with Crippen LogP contribution in [0.25, 0.3) is 17.4 Å². The molecule has 1 aromatic heterocycles. The van der Waals surface area contributed by atoms with Crippen LogP contribution in [0.1, 0.15) is 5.76 Å². The molecule has 1 saturated heterocycles. The van der Waals surface area contributed by atoms with Crippen molar-refractivity contribution in [3.63, 3.8) is 0 Å². The summed E-state index contributed by atoms with van der Waals surface area (Å²) in [6.45, 7) is 0. The highest BCUT2D eigenvalue weighted by molar-refractivity contribution is 8.26. The van der Waals surface area contributed by atoms with Gasteiger partial charge in [-0.1, -0.05) is 24.0 Å². The number of hydrogen-bond donors (Lipinski definition) is 0. The number of nitro groups is 1. The van der Waals surface area contributed by atoms with Gasteiger partial charge in [0.25, 0.3) is 11.6 Å². The predicted molar refractivity (Wildman–Crippen MR) is 91.7 cm³/mol. The average molecular weight is 346 g/mol. The van der Waals surface area contributed by atoms with Crippen LogP contribution in [0, 0.1) is 10.1 Å². The first-order valence-electron chi connectivity index (χ1n) is 6.52. The van der Waals surface area contributed by atoms with Crippen molar-refractivity contribution in [1.29, 1.82) is 0 Å². The van der Waals surface area contributed by atoms with Crippen LogP contribution < -0.4 is 0 Å². The van der Waals surface area contributed by atoms with Crippen molar-refractivity contribution in [2.24, 2.45) is 0 Å². The molecule has 2 aromatic rings. The lowest BCUT2D eigenvalue weighted by Gasteiger charge is -2.03. The van der Waals surface area contributed by atoms with E-state index in [0.717, 1.165) is 5.56 Å². The van der Waals surface area contributed by atoms with E-state index in [2.05, 4.69) is 0 Å². The lowest BCUT2D eigenvalue weighted by molar-refractivity contribution is -0.384. The predicted octanol–water partition coefficient (Wildman–Crippen LogP) is 3.69. The second-order valence-corrected chi connectivity index (χ2v) is 6.42. The van der Waals surface area contributed by atoms with Crippen LogP contribution in [-0.2, 0) is 4.79 Å². The fraction of sp³-hybridized carbons (Fsp3) is 0.0667. The molecule has 0 bridgehead atoms. The lowest BCUT2D eigenvalue weighted by Crippen LogP contribution is -2.22. The second kappa shape index (κ2) is 5.98. The molecule has 2 heterocycles. The summed E-state index contributed by atoms with van der Waals surface area (Å²) in [6.07, 6.45) is 1.64. The maximum Gasteiger partial charge on any atom is 0.269 e. The fourth-order valence-corrected chi connectivity index (χ4v) is 3.17. The van der Waals surface area contributed by atoms with Gasteiger partial charge in [-0.2, -0.15) is 0 Å². The number of carbonyl (C=O) groups is 1. The first-order valence-corrected chi connectivity index (χ1v) is 7.74. The molecule has 0 aliphatic carbocycles. The second-order valence-electron chi connectivity index (χ2n) is 4.75. The molecule has 6 nitrogen and oxygen atoms in total. The number of rotatable bonds is 3. The van der Waals surface area contributed by atoms with Gasteiger partial charge in [0, 0.05) is 30.8 Å². The van der Waals surface area contributed by atoms with Gasteiger partial charge in [-0.05, 0) is 24.3 Å². The van der Waals surface area contributed by atoms with Gasteiger partial charge in [-0.25, -0.2) is 0 Å². The van der Waals surface area contributed by atoms with Crippen LogP contribution in [0.2, 0.25) is 0 Å². The molecule has 8 heteroatoms. The zero-order chi connectivity index (χ0) is 16.6. The molecular formula is C15H10N2O4S2. The van der Waals surface area contributed by atoms with Crippen molar-refractivity contribution in [3.05, 3.63) is 57.2 Å². The summed E-state index contributed by atoms with van der Waals surface area (Å²) in [7, 11) is 1.63. The number of thioether (sulfide) groups is 1. The van der Waals surface area contributed by atoms with Crippen molar-refractivity contribution in [3.8, 4) is 11.3 Å². The molecule has 0 radical (unpaired) electrons. The number of furan rings is 1. The summed E-state index contributed by atoms with van der Waals surface area (Å²) in [5, 5.41) is 10.7. The van der Waals surface area contributed by atoms with Gasteiger partial charge in [-0.15, -0.1) is 0 Å². The van der Waals surface area contributed by atoms with Crippen LogP contribution >= 0.6 is 24.0 Å². The molecule has 0 spiro atoms. The number of carbonyl (C=O) groups excluding carboxylic acids is 1. The third kappa shape index (κ3) is 3.03. The van der Waals surface area contributed by atoms with Gasteiger partial charge >= 0.3 is 0 Å². The van der Waals surface area contributed by atoms with E-state index in [0.29, 0.717) is 20.7 Å². The zero-order valence-corrected chi connectivity index (χ0v) is 13.5. The van der Waals surface area contributed by atoms with E-state index < -0.39 is 4.92 Å². The van der Waals surface area contributed by atoms with Gasteiger partial charge < -0.3 is 4.42 Å². The fourth-order valence-electron chi connectivity index (χ4n) is 2.01. The standard InChI is InChI=1S/C15H10N2O4S2/c1-16-14(18)13(23-15(16)22)8-11-6-7-12(21-11)9-2-4-10(5-3-9)17(19)20/h2-8H,1H3/b13-8-. The number of hydrogen-bond acceptors (Lipinski definition) is 6. The third-order valence-electron chi connectivity index (χ3n) is 3.25. The van der Waals surface area contributed by atoms with E-state index in [1.165, 1.54) is 28.8 Å². The van der Waals surface area contributed by atoms with E-state index in [1.807, 2.05) is 0 Å². The molecule has 1 amide bonds. The van der Waals surface area contributed by atoms with Gasteiger partial charge in [0.1, 0.15) is 15.8 Å². The van der Waals surface area contributed by atoms with E-state index in [-0.39, 0.29) is 11.6 Å². The molecular weight excluding hydrogens is 336 g/mol. The van der Waals surface area contributed by atoms with Crippen molar-refractivity contribution < 1.29 is 14.1 Å². The molecule has 0 saturated carbocycles. The topological polar surface area (TPSA) is 76.6 Å². The van der Waals surface area contributed by atoms with Crippen LogP contribution in [0.15, 0.2) is 45.7 Å². The minimum Gasteiger partial charge on any atom is -0.457 e. The zero-order valence-electron chi connectivity index (χ0n) is 11.9. The molecule has 1 fully saturated rings. The monoisotopic (exact) mass is 346 g/mol. The summed E-state index contributed by atoms with van der Waals surface area (Å²) in [4.78, 5) is 24.1. The van der Waals surface area contributed by atoms with Crippen LogP contribution in [-0.4, -0.2) is 27.1 Å². The Hall–Kier alpha value is -2.45. The highest BCUT2D eigenvalue weighted by Crippen LogP contribution is 2.32. The number of amides is 1. The molecule has 0 N–H and O–H groups in total. The van der Waals surface area contributed by atoms with Crippen molar-refractivity contribution >= 4 is 46.0 Å². The first-order chi connectivity index (χ1) is 11.0. The van der Waals surface area contributed by atoms with Gasteiger partial charge in [0.15, 0.2) is 0 Å². The Morgan fingerprint density at radius 3 is 2.52 bits per heavy atom. The largest absolute Gasteiger partial charge is 0.457 e. The molecule has 3 rings (SSSR count).